The highest BCUT2D eigenvalue weighted by atomic mass is 32.1. The monoisotopic (exact) mass is 263 g/mol. The van der Waals surface area contributed by atoms with E-state index in [1.54, 1.807) is 0 Å². The molecule has 98 valence electrons. The van der Waals surface area contributed by atoms with Gasteiger partial charge in [0.15, 0.2) is 0 Å². The number of hydrogen-bond acceptors (Lipinski definition) is 2. The average Bonchev–Trinajstić information content (AvgIpc) is 2.27. The van der Waals surface area contributed by atoms with E-state index in [9.17, 15) is 5.11 Å². The third-order valence-electron chi connectivity index (χ3n) is 3.47. The van der Waals surface area contributed by atoms with Crippen LogP contribution in [0.2, 0.25) is 0 Å². The molecule has 0 radical (unpaired) electrons. The van der Waals surface area contributed by atoms with Crippen LogP contribution in [-0.4, -0.2) is 27.6 Å². The molecule has 0 amide bonds. The maximum absolute atomic E-state index is 10.4. The van der Waals surface area contributed by atoms with Gasteiger partial charge in [0.1, 0.15) is 0 Å². The summed E-state index contributed by atoms with van der Waals surface area (Å²) in [5, 5.41) is 10.4. The molecule has 1 saturated heterocycles. The molecule has 2 rings (SSSR count). The van der Waals surface area contributed by atoms with Crippen LogP contribution in [0.5, 0.6) is 0 Å². The summed E-state index contributed by atoms with van der Waals surface area (Å²) < 4.78 is 0. The van der Waals surface area contributed by atoms with E-state index < -0.39 is 6.10 Å². The van der Waals surface area contributed by atoms with Gasteiger partial charge in [0, 0.05) is 12.0 Å². The Kier molecular flexibility index (Phi) is 3.74. The van der Waals surface area contributed by atoms with Crippen LogP contribution in [0, 0.1) is 5.41 Å². The van der Waals surface area contributed by atoms with Gasteiger partial charge in [0.25, 0.3) is 0 Å². The molecule has 2 nitrogen and oxygen atoms in total. The Labute approximate surface area is 115 Å². The zero-order chi connectivity index (χ0) is 13.3. The van der Waals surface area contributed by atoms with Crippen LogP contribution in [0.15, 0.2) is 30.3 Å². The molecule has 0 saturated carbocycles. The van der Waals surface area contributed by atoms with E-state index in [4.69, 9.17) is 12.2 Å². The first kappa shape index (κ1) is 13.5. The lowest BCUT2D eigenvalue weighted by Gasteiger charge is -2.48. The molecule has 2 atom stereocenters. The predicted octanol–water partition coefficient (Wildman–Crippen LogP) is 3.17. The van der Waals surface area contributed by atoms with Crippen LogP contribution in [0.1, 0.15) is 38.9 Å². The van der Waals surface area contributed by atoms with Crippen molar-refractivity contribution in [3.63, 3.8) is 0 Å². The summed E-state index contributed by atoms with van der Waals surface area (Å²) in [5.41, 5.74) is 0.966. The molecular weight excluding hydrogens is 242 g/mol. The van der Waals surface area contributed by atoms with Crippen LogP contribution < -0.4 is 0 Å². The van der Waals surface area contributed by atoms with Crippen molar-refractivity contribution in [3.05, 3.63) is 35.9 Å². The Morgan fingerprint density at radius 2 is 1.94 bits per heavy atom. The Morgan fingerprint density at radius 3 is 2.39 bits per heavy atom. The summed E-state index contributed by atoms with van der Waals surface area (Å²) in [6.45, 7) is 7.34. The Balaban J connectivity index is 2.09. The second-order valence-electron chi connectivity index (χ2n) is 5.96. The number of likely N-dealkylation sites (tertiary alicyclic amines) is 1. The molecular formula is C15H21NOS. The normalized spacial score (nSPS) is 21.3. The minimum atomic E-state index is -0.444. The fraction of sp³-hybridized carbons (Fsp3) is 0.533. The van der Waals surface area contributed by atoms with Gasteiger partial charge in [-0.1, -0.05) is 63.3 Å². The topological polar surface area (TPSA) is 23.5 Å². The van der Waals surface area contributed by atoms with Crippen LogP contribution in [0.3, 0.4) is 0 Å². The van der Waals surface area contributed by atoms with Gasteiger partial charge in [-0.2, -0.15) is 0 Å². The van der Waals surface area contributed by atoms with Gasteiger partial charge in [-0.15, -0.1) is 0 Å². The second-order valence-corrected chi connectivity index (χ2v) is 6.35. The Hall–Kier alpha value is -0.930. The van der Waals surface area contributed by atoms with E-state index in [0.717, 1.165) is 23.5 Å². The highest BCUT2D eigenvalue weighted by molar-refractivity contribution is 7.80. The van der Waals surface area contributed by atoms with Gasteiger partial charge in [0.05, 0.1) is 17.1 Å². The molecule has 1 N–H and O–H groups in total. The molecule has 1 fully saturated rings. The molecule has 0 unspecified atom stereocenters. The number of rotatable bonds is 2. The molecule has 1 heterocycles. The summed E-state index contributed by atoms with van der Waals surface area (Å²) in [7, 11) is 0. The minimum Gasteiger partial charge on any atom is -0.386 e. The van der Waals surface area contributed by atoms with Crippen molar-refractivity contribution in [2.45, 2.75) is 39.3 Å². The first-order valence-corrected chi connectivity index (χ1v) is 6.86. The van der Waals surface area contributed by atoms with Crippen molar-refractivity contribution in [1.82, 2.24) is 4.90 Å². The van der Waals surface area contributed by atoms with E-state index >= 15 is 0 Å². The van der Waals surface area contributed by atoms with Gasteiger partial charge in [0.2, 0.25) is 0 Å². The number of nitrogens with zero attached hydrogens (tertiary/aromatic N) is 1. The first-order valence-electron chi connectivity index (χ1n) is 6.45. The van der Waals surface area contributed by atoms with Crippen LogP contribution in [0.25, 0.3) is 0 Å². The van der Waals surface area contributed by atoms with Crippen LogP contribution in [0.4, 0.5) is 0 Å². The summed E-state index contributed by atoms with van der Waals surface area (Å²) in [4.78, 5) is 3.13. The molecule has 1 aromatic carbocycles. The summed E-state index contributed by atoms with van der Waals surface area (Å²) in [6, 6.07) is 9.98. The second kappa shape index (κ2) is 4.98. The lowest BCUT2D eigenvalue weighted by atomic mass is 9.87. The van der Waals surface area contributed by atoms with Crippen molar-refractivity contribution in [1.29, 1.82) is 0 Å². The highest BCUT2D eigenvalue weighted by Crippen LogP contribution is 2.34. The molecule has 1 aliphatic heterocycles. The lowest BCUT2D eigenvalue weighted by molar-refractivity contribution is 0.0261. The molecule has 18 heavy (non-hydrogen) atoms. The third-order valence-corrected chi connectivity index (χ3v) is 4.32. The molecule has 1 aliphatic rings. The van der Waals surface area contributed by atoms with Gasteiger partial charge in [-0.05, 0) is 12.0 Å². The van der Waals surface area contributed by atoms with Gasteiger partial charge < -0.3 is 10.0 Å². The summed E-state index contributed by atoms with van der Waals surface area (Å²) in [6.07, 6.45) is 0.562. The number of benzene rings is 1. The molecule has 1 aromatic rings. The Morgan fingerprint density at radius 1 is 1.33 bits per heavy atom. The van der Waals surface area contributed by atoms with Crippen molar-refractivity contribution >= 4 is 17.2 Å². The molecule has 0 aliphatic carbocycles. The fourth-order valence-corrected chi connectivity index (χ4v) is 2.52. The summed E-state index contributed by atoms with van der Waals surface area (Å²) in [5.74, 6) is 0. The van der Waals surface area contributed by atoms with Gasteiger partial charge >= 0.3 is 0 Å². The lowest BCUT2D eigenvalue weighted by Crippen LogP contribution is -2.56. The minimum absolute atomic E-state index is 0.00951. The van der Waals surface area contributed by atoms with Gasteiger partial charge in [-0.3, -0.25) is 0 Å². The number of thiocarbonyl (C=S) groups is 1. The summed E-state index contributed by atoms with van der Waals surface area (Å²) >= 11 is 5.53. The fourth-order valence-electron chi connectivity index (χ4n) is 2.29. The van der Waals surface area contributed by atoms with Crippen molar-refractivity contribution < 1.29 is 5.11 Å². The standard InChI is InChI=1S/C15H21NOS/c1-15(2,3)14(18)16-10-9-12(16)13(17)11-7-5-4-6-8-11/h4-8,12-13,17H,9-10H2,1-3H3/t12-,13-/m1/s1. The van der Waals surface area contributed by atoms with E-state index in [0.29, 0.717) is 0 Å². The van der Waals surface area contributed by atoms with Crippen molar-refractivity contribution in [2.24, 2.45) is 5.41 Å². The maximum Gasteiger partial charge on any atom is 0.0993 e. The molecule has 0 bridgehead atoms. The molecule has 0 spiro atoms. The van der Waals surface area contributed by atoms with E-state index in [1.165, 1.54) is 0 Å². The van der Waals surface area contributed by atoms with Crippen molar-refractivity contribution in [2.75, 3.05) is 6.54 Å². The zero-order valence-electron chi connectivity index (χ0n) is 11.3. The van der Waals surface area contributed by atoms with Crippen LogP contribution >= 0.6 is 12.2 Å². The van der Waals surface area contributed by atoms with E-state index in [1.807, 2.05) is 30.3 Å². The predicted molar refractivity (Wildman–Crippen MR) is 78.6 cm³/mol. The number of hydrogen-bond donors (Lipinski definition) is 1. The number of aliphatic hydroxyl groups excluding tert-OH is 1. The SMILES string of the molecule is CC(C)(C)C(=S)N1CC[C@@H]1[C@H](O)c1ccccc1. The zero-order valence-corrected chi connectivity index (χ0v) is 12.1. The number of aliphatic hydroxyl groups is 1. The smallest absolute Gasteiger partial charge is 0.0993 e. The maximum atomic E-state index is 10.4. The quantitative estimate of drug-likeness (QED) is 0.829. The van der Waals surface area contributed by atoms with E-state index in [-0.39, 0.29) is 11.5 Å². The largest absolute Gasteiger partial charge is 0.386 e. The van der Waals surface area contributed by atoms with Gasteiger partial charge in [-0.25, -0.2) is 0 Å². The Bertz CT molecular complexity index is 424. The third kappa shape index (κ3) is 2.57. The molecule has 0 aromatic heterocycles. The highest BCUT2D eigenvalue weighted by Gasteiger charge is 2.39. The first-order chi connectivity index (χ1) is 8.41. The molecule has 3 heteroatoms. The van der Waals surface area contributed by atoms with Crippen LogP contribution in [-0.2, 0) is 0 Å². The van der Waals surface area contributed by atoms with E-state index in [2.05, 4.69) is 25.7 Å². The average molecular weight is 263 g/mol. The van der Waals surface area contributed by atoms with Crippen molar-refractivity contribution in [3.8, 4) is 0 Å².